The average molecular weight is 314 g/mol. The van der Waals surface area contributed by atoms with Gasteiger partial charge in [0.05, 0.1) is 6.54 Å². The highest BCUT2D eigenvalue weighted by atomic mass is 16.3. The van der Waals surface area contributed by atoms with Crippen LogP contribution in [0.5, 0.6) is 5.88 Å². The zero-order valence-corrected chi connectivity index (χ0v) is 13.7. The molecule has 0 atom stereocenters. The van der Waals surface area contributed by atoms with Crippen molar-refractivity contribution in [2.75, 3.05) is 13.1 Å². The molecule has 0 aliphatic heterocycles. The van der Waals surface area contributed by atoms with Crippen molar-refractivity contribution in [3.63, 3.8) is 0 Å². The summed E-state index contributed by atoms with van der Waals surface area (Å²) >= 11 is 0. The number of amides is 1. The Hall–Kier alpha value is -2.56. The number of pyridine rings is 1. The molecule has 0 spiro atoms. The van der Waals surface area contributed by atoms with E-state index in [1.165, 1.54) is 10.6 Å². The maximum Gasteiger partial charge on any atom is 0.259 e. The number of rotatable bonds is 5. The lowest BCUT2D eigenvalue weighted by Gasteiger charge is -2.21. The molecule has 0 radical (unpaired) electrons. The number of hydrogen-bond acceptors (Lipinski definition) is 3. The van der Waals surface area contributed by atoms with E-state index in [9.17, 15) is 14.7 Å². The molecule has 1 heterocycles. The van der Waals surface area contributed by atoms with Gasteiger partial charge < -0.3 is 10.0 Å². The lowest BCUT2D eigenvalue weighted by Crippen LogP contribution is -2.33. The Morgan fingerprint density at radius 1 is 1.17 bits per heavy atom. The molecule has 0 saturated carbocycles. The molecule has 1 amide bonds. The van der Waals surface area contributed by atoms with Crippen molar-refractivity contribution in [1.29, 1.82) is 0 Å². The number of carbonyl (C=O) groups excluding carboxylic acids is 1. The van der Waals surface area contributed by atoms with E-state index >= 15 is 0 Å². The lowest BCUT2D eigenvalue weighted by atomic mass is 10.1. The Morgan fingerprint density at radius 3 is 2.35 bits per heavy atom. The minimum absolute atomic E-state index is 0.198. The minimum atomic E-state index is -0.319. The van der Waals surface area contributed by atoms with Gasteiger partial charge in [0.2, 0.25) is 5.88 Å². The van der Waals surface area contributed by atoms with Gasteiger partial charge >= 0.3 is 0 Å². The molecule has 0 aliphatic rings. The molecule has 2 rings (SSSR count). The van der Waals surface area contributed by atoms with Crippen LogP contribution < -0.4 is 5.56 Å². The standard InChI is InChI=1S/C18H22N2O3/c1-4-19(5-2)17(22)16-13(3)11-15(21)20(18(16)23)12-14-9-7-6-8-10-14/h6-11,23H,4-5,12H2,1-3H3. The van der Waals surface area contributed by atoms with Crippen LogP contribution in [0.25, 0.3) is 0 Å². The third-order valence-electron chi connectivity index (χ3n) is 3.93. The maximum atomic E-state index is 12.6. The Bertz CT molecular complexity index is 747. The van der Waals surface area contributed by atoms with Crippen molar-refractivity contribution in [3.8, 4) is 5.88 Å². The van der Waals surface area contributed by atoms with Gasteiger partial charge in [0.25, 0.3) is 11.5 Å². The van der Waals surface area contributed by atoms with Gasteiger partial charge in [-0.3, -0.25) is 14.2 Å². The highest BCUT2D eigenvalue weighted by molar-refractivity contribution is 5.97. The summed E-state index contributed by atoms with van der Waals surface area (Å²) in [5, 5.41) is 10.5. The van der Waals surface area contributed by atoms with Gasteiger partial charge in [-0.25, -0.2) is 0 Å². The Balaban J connectivity index is 2.51. The van der Waals surface area contributed by atoms with E-state index in [0.29, 0.717) is 18.7 Å². The summed E-state index contributed by atoms with van der Waals surface area (Å²) < 4.78 is 1.24. The van der Waals surface area contributed by atoms with Crippen molar-refractivity contribution in [1.82, 2.24) is 9.47 Å². The topological polar surface area (TPSA) is 62.5 Å². The summed E-state index contributed by atoms with van der Waals surface area (Å²) in [6.45, 7) is 6.76. The van der Waals surface area contributed by atoms with Crippen molar-refractivity contribution in [2.24, 2.45) is 0 Å². The van der Waals surface area contributed by atoms with Crippen LogP contribution in [0.4, 0.5) is 0 Å². The molecule has 23 heavy (non-hydrogen) atoms. The first-order valence-electron chi connectivity index (χ1n) is 7.76. The Labute approximate surface area is 135 Å². The second-order valence-corrected chi connectivity index (χ2v) is 5.41. The third kappa shape index (κ3) is 3.44. The SMILES string of the molecule is CCN(CC)C(=O)c1c(C)cc(=O)n(Cc2ccccc2)c1O. The first-order valence-corrected chi connectivity index (χ1v) is 7.76. The molecule has 1 aromatic heterocycles. The fourth-order valence-corrected chi connectivity index (χ4v) is 2.60. The van der Waals surface area contributed by atoms with Gasteiger partial charge in [-0.05, 0) is 31.9 Å². The van der Waals surface area contributed by atoms with Crippen LogP contribution in [-0.2, 0) is 6.54 Å². The van der Waals surface area contributed by atoms with Crippen LogP contribution in [0.2, 0.25) is 0 Å². The van der Waals surface area contributed by atoms with E-state index in [2.05, 4.69) is 0 Å². The van der Waals surface area contributed by atoms with Gasteiger partial charge in [0, 0.05) is 19.2 Å². The van der Waals surface area contributed by atoms with Gasteiger partial charge in [0.15, 0.2) is 0 Å². The monoisotopic (exact) mass is 314 g/mol. The van der Waals surface area contributed by atoms with E-state index in [1.807, 2.05) is 44.2 Å². The van der Waals surface area contributed by atoms with E-state index in [4.69, 9.17) is 0 Å². The number of hydrogen-bond donors (Lipinski definition) is 1. The summed E-state index contributed by atoms with van der Waals surface area (Å²) in [7, 11) is 0. The van der Waals surface area contributed by atoms with Crippen molar-refractivity contribution in [2.45, 2.75) is 27.3 Å². The summed E-state index contributed by atoms with van der Waals surface area (Å²) in [4.78, 5) is 26.5. The van der Waals surface area contributed by atoms with Crippen LogP contribution in [-0.4, -0.2) is 33.6 Å². The summed E-state index contributed by atoms with van der Waals surface area (Å²) in [6.07, 6.45) is 0. The Kier molecular flexibility index (Phi) is 5.21. The van der Waals surface area contributed by atoms with Gasteiger partial charge in [-0.15, -0.1) is 0 Å². The van der Waals surface area contributed by atoms with Gasteiger partial charge in [-0.2, -0.15) is 0 Å². The molecule has 0 saturated heterocycles. The number of aromatic hydroxyl groups is 1. The van der Waals surface area contributed by atoms with Crippen LogP contribution in [0.1, 0.15) is 35.3 Å². The minimum Gasteiger partial charge on any atom is -0.494 e. The van der Waals surface area contributed by atoms with Crippen molar-refractivity contribution in [3.05, 3.63) is 63.4 Å². The van der Waals surface area contributed by atoms with E-state index in [0.717, 1.165) is 5.56 Å². The second kappa shape index (κ2) is 7.13. The number of carbonyl (C=O) groups is 1. The lowest BCUT2D eigenvalue weighted by molar-refractivity contribution is 0.0767. The quantitative estimate of drug-likeness (QED) is 0.922. The summed E-state index contributed by atoms with van der Waals surface area (Å²) in [5.41, 5.74) is 1.26. The molecule has 0 fully saturated rings. The van der Waals surface area contributed by atoms with E-state index in [1.54, 1.807) is 11.8 Å². The predicted octanol–water partition coefficient (Wildman–Crippen LogP) is 2.39. The number of aryl methyl sites for hydroxylation is 1. The first-order chi connectivity index (χ1) is 11.0. The predicted molar refractivity (Wildman–Crippen MR) is 89.9 cm³/mol. The zero-order chi connectivity index (χ0) is 17.0. The highest BCUT2D eigenvalue weighted by Gasteiger charge is 2.22. The maximum absolute atomic E-state index is 12.6. The first kappa shape index (κ1) is 16.8. The number of benzene rings is 1. The molecule has 2 aromatic rings. The highest BCUT2D eigenvalue weighted by Crippen LogP contribution is 2.21. The van der Waals surface area contributed by atoms with Crippen LogP contribution >= 0.6 is 0 Å². The molecule has 0 aliphatic carbocycles. The number of aromatic nitrogens is 1. The fourth-order valence-electron chi connectivity index (χ4n) is 2.60. The van der Waals surface area contributed by atoms with E-state index < -0.39 is 0 Å². The van der Waals surface area contributed by atoms with Crippen LogP contribution in [0.15, 0.2) is 41.2 Å². The molecular weight excluding hydrogens is 292 g/mol. The van der Waals surface area contributed by atoms with Gasteiger partial charge in [0.1, 0.15) is 5.56 Å². The number of nitrogens with zero attached hydrogens (tertiary/aromatic N) is 2. The fraction of sp³-hybridized carbons (Fsp3) is 0.333. The van der Waals surface area contributed by atoms with Crippen molar-refractivity contribution < 1.29 is 9.90 Å². The molecule has 5 heteroatoms. The van der Waals surface area contributed by atoms with Crippen LogP contribution in [0, 0.1) is 6.92 Å². The largest absolute Gasteiger partial charge is 0.494 e. The second-order valence-electron chi connectivity index (χ2n) is 5.41. The van der Waals surface area contributed by atoms with Gasteiger partial charge in [-0.1, -0.05) is 30.3 Å². The molecule has 1 N–H and O–H groups in total. The summed E-state index contributed by atoms with van der Waals surface area (Å²) in [5.74, 6) is -0.525. The van der Waals surface area contributed by atoms with Crippen molar-refractivity contribution >= 4 is 5.91 Å². The molecule has 0 unspecified atom stereocenters. The molecule has 122 valence electrons. The zero-order valence-electron chi connectivity index (χ0n) is 13.7. The molecule has 1 aromatic carbocycles. The molecule has 0 bridgehead atoms. The normalized spacial score (nSPS) is 10.6. The smallest absolute Gasteiger partial charge is 0.259 e. The third-order valence-corrected chi connectivity index (χ3v) is 3.93. The molecular formula is C18H22N2O3. The van der Waals surface area contributed by atoms with Crippen LogP contribution in [0.3, 0.4) is 0 Å². The van der Waals surface area contributed by atoms with E-state index in [-0.39, 0.29) is 29.5 Å². The Morgan fingerprint density at radius 2 is 1.78 bits per heavy atom. The summed E-state index contributed by atoms with van der Waals surface area (Å²) in [6, 6.07) is 10.8. The average Bonchev–Trinajstić information content (AvgIpc) is 2.53. The molecule has 5 nitrogen and oxygen atoms in total.